The number of amides is 1. The van der Waals surface area contributed by atoms with Crippen molar-refractivity contribution in [1.29, 1.82) is 0 Å². The Hall–Kier alpha value is -2.70. The van der Waals surface area contributed by atoms with E-state index in [1.165, 1.54) is 23.6 Å². The number of carbonyl (C=O) groups excluding carboxylic acids is 1. The fraction of sp³-hybridized carbons (Fsp3) is 0.500. The first-order chi connectivity index (χ1) is 16.8. The Labute approximate surface area is 203 Å². The van der Waals surface area contributed by atoms with Crippen LogP contribution in [-0.4, -0.2) is 59.6 Å². The number of hydrogen-bond donors (Lipinski definition) is 2. The second-order valence-corrected chi connectivity index (χ2v) is 9.45. The summed E-state index contributed by atoms with van der Waals surface area (Å²) in [5.74, 6) is 0.947. The number of carbonyl (C=O) groups is 1. The summed E-state index contributed by atoms with van der Waals surface area (Å²) in [5.41, 5.74) is 1.14. The van der Waals surface area contributed by atoms with E-state index in [1.54, 1.807) is 0 Å². The standard InChI is InChI=1S/C28H39N5O/c34-28(21-26-9-5-8-25-7-1-2-10-27(25)26)33-18-11-24(12-19-33)22-30-14-4-3-13-29-15-6-17-32-20-16-31-23-32/h1-2,5,7-10,16,20,23-24,29-30H,3-4,6,11-15,17-19,21-22H2. The molecule has 6 nitrogen and oxygen atoms in total. The van der Waals surface area contributed by atoms with Gasteiger partial charge in [0.25, 0.3) is 0 Å². The zero-order chi connectivity index (χ0) is 23.4. The smallest absolute Gasteiger partial charge is 0.227 e. The van der Waals surface area contributed by atoms with Crippen molar-refractivity contribution in [3.63, 3.8) is 0 Å². The molecule has 0 atom stereocenters. The van der Waals surface area contributed by atoms with Crippen molar-refractivity contribution in [3.8, 4) is 0 Å². The predicted octanol–water partition coefficient (Wildman–Crippen LogP) is 3.87. The molecule has 1 amide bonds. The number of aryl methyl sites for hydroxylation is 1. The Morgan fingerprint density at radius 3 is 2.53 bits per heavy atom. The van der Waals surface area contributed by atoms with Crippen LogP contribution in [0.5, 0.6) is 0 Å². The lowest BCUT2D eigenvalue weighted by atomic mass is 9.95. The zero-order valence-corrected chi connectivity index (χ0v) is 20.3. The first-order valence-electron chi connectivity index (χ1n) is 12.9. The molecule has 1 aliphatic heterocycles. The number of unbranched alkanes of at least 4 members (excludes halogenated alkanes) is 1. The fourth-order valence-electron chi connectivity index (χ4n) is 4.84. The molecule has 4 rings (SSSR count). The van der Waals surface area contributed by atoms with Crippen molar-refractivity contribution in [1.82, 2.24) is 25.1 Å². The second-order valence-electron chi connectivity index (χ2n) is 9.45. The molecule has 34 heavy (non-hydrogen) atoms. The van der Waals surface area contributed by atoms with Crippen molar-refractivity contribution in [2.45, 2.75) is 45.1 Å². The minimum Gasteiger partial charge on any atom is -0.342 e. The fourth-order valence-corrected chi connectivity index (χ4v) is 4.84. The average molecular weight is 462 g/mol. The molecule has 0 spiro atoms. The molecule has 182 valence electrons. The molecule has 0 bridgehead atoms. The van der Waals surface area contributed by atoms with Gasteiger partial charge in [-0.15, -0.1) is 0 Å². The summed E-state index contributed by atoms with van der Waals surface area (Å²) < 4.78 is 2.12. The van der Waals surface area contributed by atoms with E-state index in [2.05, 4.69) is 67.5 Å². The highest BCUT2D eigenvalue weighted by atomic mass is 16.2. The van der Waals surface area contributed by atoms with Gasteiger partial charge in [0.05, 0.1) is 12.7 Å². The van der Waals surface area contributed by atoms with E-state index in [1.807, 2.05) is 18.7 Å². The second kappa shape index (κ2) is 13.3. The molecule has 1 fully saturated rings. The van der Waals surface area contributed by atoms with Crippen LogP contribution >= 0.6 is 0 Å². The normalized spacial score (nSPS) is 14.6. The van der Waals surface area contributed by atoms with Gasteiger partial charge in [-0.05, 0) is 80.5 Å². The van der Waals surface area contributed by atoms with Gasteiger partial charge in [0.1, 0.15) is 0 Å². The van der Waals surface area contributed by atoms with Gasteiger partial charge in [-0.3, -0.25) is 4.79 Å². The molecule has 0 aliphatic carbocycles. The number of hydrogen-bond acceptors (Lipinski definition) is 4. The van der Waals surface area contributed by atoms with E-state index in [4.69, 9.17) is 0 Å². The monoisotopic (exact) mass is 461 g/mol. The SMILES string of the molecule is O=C(Cc1cccc2ccccc12)N1CCC(CNCCCCNCCCn2ccnc2)CC1. The first kappa shape index (κ1) is 24.4. The number of piperidine rings is 1. The molecular weight excluding hydrogens is 422 g/mol. The van der Waals surface area contributed by atoms with Crippen molar-refractivity contribution < 1.29 is 4.79 Å². The average Bonchev–Trinajstić information content (AvgIpc) is 3.39. The zero-order valence-electron chi connectivity index (χ0n) is 20.3. The van der Waals surface area contributed by atoms with Crippen LogP contribution < -0.4 is 10.6 Å². The molecule has 0 unspecified atom stereocenters. The Morgan fingerprint density at radius 2 is 1.71 bits per heavy atom. The third kappa shape index (κ3) is 7.40. The summed E-state index contributed by atoms with van der Waals surface area (Å²) in [6.45, 7) is 7.10. The third-order valence-corrected chi connectivity index (χ3v) is 6.91. The summed E-state index contributed by atoms with van der Waals surface area (Å²) in [7, 11) is 0. The lowest BCUT2D eigenvalue weighted by Gasteiger charge is -2.32. The summed E-state index contributed by atoms with van der Waals surface area (Å²) in [6.07, 6.45) is 12.0. The molecule has 1 aliphatic rings. The summed E-state index contributed by atoms with van der Waals surface area (Å²) in [4.78, 5) is 19.0. The minimum absolute atomic E-state index is 0.264. The highest BCUT2D eigenvalue weighted by molar-refractivity contribution is 5.90. The number of rotatable bonds is 13. The van der Waals surface area contributed by atoms with E-state index >= 15 is 0 Å². The van der Waals surface area contributed by atoms with Crippen molar-refractivity contribution in [2.75, 3.05) is 39.3 Å². The molecule has 2 aromatic carbocycles. The van der Waals surface area contributed by atoms with Gasteiger partial charge < -0.3 is 20.1 Å². The van der Waals surface area contributed by atoms with Crippen molar-refractivity contribution in [3.05, 3.63) is 66.7 Å². The van der Waals surface area contributed by atoms with Crippen molar-refractivity contribution >= 4 is 16.7 Å². The molecule has 1 aromatic heterocycles. The molecule has 1 saturated heterocycles. The summed E-state index contributed by atoms with van der Waals surface area (Å²) in [6, 6.07) is 14.6. The van der Waals surface area contributed by atoms with Gasteiger partial charge in [0.15, 0.2) is 0 Å². The maximum Gasteiger partial charge on any atom is 0.227 e. The van der Waals surface area contributed by atoms with Gasteiger partial charge in [-0.1, -0.05) is 42.5 Å². The van der Waals surface area contributed by atoms with Gasteiger partial charge >= 0.3 is 0 Å². The molecular formula is C28H39N5O. The highest BCUT2D eigenvalue weighted by Crippen LogP contribution is 2.21. The van der Waals surface area contributed by atoms with E-state index < -0.39 is 0 Å². The minimum atomic E-state index is 0.264. The van der Waals surface area contributed by atoms with Crippen molar-refractivity contribution in [2.24, 2.45) is 5.92 Å². The van der Waals surface area contributed by atoms with Crippen LogP contribution in [0, 0.1) is 5.92 Å². The Balaban J connectivity index is 1.03. The van der Waals surface area contributed by atoms with Gasteiger partial charge in [-0.25, -0.2) is 4.98 Å². The van der Waals surface area contributed by atoms with Crippen LogP contribution in [-0.2, 0) is 17.8 Å². The lowest BCUT2D eigenvalue weighted by molar-refractivity contribution is -0.131. The summed E-state index contributed by atoms with van der Waals surface area (Å²) in [5, 5.41) is 9.57. The van der Waals surface area contributed by atoms with Crippen LogP contribution in [0.15, 0.2) is 61.2 Å². The van der Waals surface area contributed by atoms with E-state index in [9.17, 15) is 4.79 Å². The highest BCUT2D eigenvalue weighted by Gasteiger charge is 2.22. The van der Waals surface area contributed by atoms with E-state index in [-0.39, 0.29) is 5.91 Å². The van der Waals surface area contributed by atoms with E-state index in [0.29, 0.717) is 12.3 Å². The van der Waals surface area contributed by atoms with Crippen LogP contribution in [0.3, 0.4) is 0 Å². The number of nitrogens with one attached hydrogen (secondary N) is 2. The number of fused-ring (bicyclic) bond motifs is 1. The van der Waals surface area contributed by atoms with E-state index in [0.717, 1.165) is 70.6 Å². The van der Waals surface area contributed by atoms with Crippen LogP contribution in [0.25, 0.3) is 10.8 Å². The molecule has 6 heteroatoms. The topological polar surface area (TPSA) is 62.2 Å². The molecule has 3 aromatic rings. The maximum atomic E-state index is 12.9. The number of imidazole rings is 1. The Morgan fingerprint density at radius 1 is 0.941 bits per heavy atom. The first-order valence-corrected chi connectivity index (χ1v) is 12.9. The molecule has 2 heterocycles. The quantitative estimate of drug-likeness (QED) is 0.380. The molecule has 0 radical (unpaired) electrons. The summed E-state index contributed by atoms with van der Waals surface area (Å²) >= 11 is 0. The molecule has 2 N–H and O–H groups in total. The lowest BCUT2D eigenvalue weighted by Crippen LogP contribution is -2.41. The number of benzene rings is 2. The van der Waals surface area contributed by atoms with Gasteiger partial charge in [0.2, 0.25) is 5.91 Å². The maximum absolute atomic E-state index is 12.9. The van der Waals surface area contributed by atoms with Gasteiger partial charge in [-0.2, -0.15) is 0 Å². The molecule has 0 saturated carbocycles. The van der Waals surface area contributed by atoms with Gasteiger partial charge in [0, 0.05) is 32.0 Å². The number of likely N-dealkylation sites (tertiary alicyclic amines) is 1. The number of nitrogens with zero attached hydrogens (tertiary/aromatic N) is 3. The third-order valence-electron chi connectivity index (χ3n) is 6.91. The Bertz CT molecular complexity index is 990. The largest absolute Gasteiger partial charge is 0.342 e. The predicted molar refractivity (Wildman–Crippen MR) is 139 cm³/mol. The van der Waals surface area contributed by atoms with Crippen LogP contribution in [0.4, 0.5) is 0 Å². The Kier molecular flexibility index (Phi) is 9.52. The number of aromatic nitrogens is 2. The van der Waals surface area contributed by atoms with Crippen LogP contribution in [0.1, 0.15) is 37.7 Å². The van der Waals surface area contributed by atoms with Crippen LogP contribution in [0.2, 0.25) is 0 Å².